The maximum Gasteiger partial charge on any atom is 0.190 e. The zero-order chi connectivity index (χ0) is 14.4. The van der Waals surface area contributed by atoms with E-state index in [-0.39, 0.29) is 0 Å². The van der Waals surface area contributed by atoms with Gasteiger partial charge in [-0.3, -0.25) is 0 Å². The molecule has 0 saturated heterocycles. The van der Waals surface area contributed by atoms with Crippen LogP contribution in [0.1, 0.15) is 40.5 Å². The molecule has 0 atom stereocenters. The van der Waals surface area contributed by atoms with Crippen LogP contribution in [0.5, 0.6) is 0 Å². The van der Waals surface area contributed by atoms with Crippen molar-refractivity contribution in [2.75, 3.05) is 17.7 Å². The first-order valence-corrected chi connectivity index (χ1v) is 8.47. The predicted octanol–water partition coefficient (Wildman–Crippen LogP) is 4.50. The Morgan fingerprint density at radius 3 is 2.37 bits per heavy atom. The van der Waals surface area contributed by atoms with Crippen LogP contribution in [0.25, 0.3) is 0 Å². The first-order chi connectivity index (χ1) is 9.01. The van der Waals surface area contributed by atoms with Crippen molar-refractivity contribution >= 4 is 29.2 Å². The Kier molecular flexibility index (Phi) is 6.94. The Balaban J connectivity index is 3.11. The highest BCUT2D eigenvalue weighted by atomic mass is 35.5. The molecular weight excluding hydrogens is 278 g/mol. The van der Waals surface area contributed by atoms with Gasteiger partial charge in [-0.05, 0) is 25.0 Å². The van der Waals surface area contributed by atoms with Crippen LogP contribution in [0.3, 0.4) is 0 Å². The molecule has 1 heterocycles. The first kappa shape index (κ1) is 16.6. The molecule has 0 amide bonds. The molecule has 5 heteroatoms. The molecule has 3 nitrogen and oxygen atoms in total. The molecular formula is C14H24ClN3S. The fraction of sp³-hybridized carbons (Fsp3) is 0.714. The van der Waals surface area contributed by atoms with Gasteiger partial charge in [-0.1, -0.05) is 51.1 Å². The summed E-state index contributed by atoms with van der Waals surface area (Å²) in [5.74, 6) is 1.54. The summed E-state index contributed by atoms with van der Waals surface area (Å²) in [5.41, 5.74) is 0. The monoisotopic (exact) mass is 301 g/mol. The first-order valence-electron chi connectivity index (χ1n) is 6.86. The molecule has 0 saturated carbocycles. The van der Waals surface area contributed by atoms with Crippen molar-refractivity contribution in [2.24, 2.45) is 5.92 Å². The van der Waals surface area contributed by atoms with Crippen LogP contribution in [0.4, 0.5) is 5.82 Å². The second-order valence-corrected chi connectivity index (χ2v) is 6.21. The lowest BCUT2D eigenvalue weighted by atomic mass is 10.1. The van der Waals surface area contributed by atoms with E-state index < -0.39 is 0 Å². The molecule has 0 aliphatic carbocycles. The van der Waals surface area contributed by atoms with Gasteiger partial charge in [0.15, 0.2) is 5.16 Å². The van der Waals surface area contributed by atoms with Crippen LogP contribution < -0.4 is 4.90 Å². The predicted molar refractivity (Wildman–Crippen MR) is 85.4 cm³/mol. The molecule has 0 bridgehead atoms. The molecule has 19 heavy (non-hydrogen) atoms. The van der Waals surface area contributed by atoms with E-state index in [1.807, 2.05) is 12.3 Å². The molecule has 0 aliphatic rings. The van der Waals surface area contributed by atoms with Crippen molar-refractivity contribution in [1.29, 1.82) is 0 Å². The summed E-state index contributed by atoms with van der Waals surface area (Å²) in [5, 5.41) is 1.26. The van der Waals surface area contributed by atoms with Crippen LogP contribution >= 0.6 is 23.4 Å². The van der Waals surface area contributed by atoms with Crippen LogP contribution in [-0.2, 0) is 0 Å². The third kappa shape index (κ3) is 4.84. The summed E-state index contributed by atoms with van der Waals surface area (Å²) in [6.07, 6.45) is 4.19. The number of aromatic nitrogens is 2. The van der Waals surface area contributed by atoms with Crippen molar-refractivity contribution < 1.29 is 0 Å². The Morgan fingerprint density at radius 2 is 1.89 bits per heavy atom. The van der Waals surface area contributed by atoms with Gasteiger partial charge in [0.2, 0.25) is 0 Å². The van der Waals surface area contributed by atoms with Gasteiger partial charge in [-0.2, -0.15) is 0 Å². The fourth-order valence-electron chi connectivity index (χ4n) is 2.18. The number of hydrogen-bond donors (Lipinski definition) is 0. The smallest absolute Gasteiger partial charge is 0.190 e. The van der Waals surface area contributed by atoms with E-state index in [1.54, 1.807) is 0 Å². The van der Waals surface area contributed by atoms with Gasteiger partial charge < -0.3 is 4.90 Å². The quantitative estimate of drug-likeness (QED) is 0.421. The number of hydrogen-bond acceptors (Lipinski definition) is 4. The molecule has 0 N–H and O–H groups in total. The molecule has 0 fully saturated rings. The summed E-state index contributed by atoms with van der Waals surface area (Å²) < 4.78 is 0. The Labute approximate surface area is 126 Å². The lowest BCUT2D eigenvalue weighted by Gasteiger charge is -2.33. The highest BCUT2D eigenvalue weighted by Gasteiger charge is 2.19. The van der Waals surface area contributed by atoms with Crippen molar-refractivity contribution in [3.63, 3.8) is 0 Å². The van der Waals surface area contributed by atoms with E-state index in [1.165, 1.54) is 11.8 Å². The van der Waals surface area contributed by atoms with Crippen molar-refractivity contribution in [2.45, 2.75) is 51.7 Å². The molecule has 0 aliphatic heterocycles. The molecule has 0 unspecified atom stereocenters. The standard InChI is InChI=1S/C14H24ClN3S/c1-6-11(7-2)18(9-10(3)4)13-8-12(15)16-14(17-13)19-5/h8,10-11H,6-7,9H2,1-5H3. The average molecular weight is 302 g/mol. The Hall–Kier alpha value is -0.480. The van der Waals surface area contributed by atoms with Crippen molar-refractivity contribution in [3.05, 3.63) is 11.2 Å². The van der Waals surface area contributed by atoms with E-state index in [0.29, 0.717) is 17.1 Å². The molecule has 1 rings (SSSR count). The SMILES string of the molecule is CCC(CC)N(CC(C)C)c1cc(Cl)nc(SC)n1. The average Bonchev–Trinajstić information content (AvgIpc) is 2.37. The summed E-state index contributed by atoms with van der Waals surface area (Å²) in [7, 11) is 0. The minimum Gasteiger partial charge on any atom is -0.353 e. The number of nitrogens with zero attached hydrogens (tertiary/aromatic N) is 3. The van der Waals surface area contributed by atoms with Gasteiger partial charge in [0.05, 0.1) is 0 Å². The largest absolute Gasteiger partial charge is 0.353 e. The van der Waals surface area contributed by atoms with Crippen LogP contribution in [0, 0.1) is 5.92 Å². The molecule has 108 valence electrons. The second-order valence-electron chi connectivity index (χ2n) is 5.05. The van der Waals surface area contributed by atoms with Gasteiger partial charge >= 0.3 is 0 Å². The van der Waals surface area contributed by atoms with E-state index in [0.717, 1.165) is 30.4 Å². The van der Waals surface area contributed by atoms with Gasteiger partial charge in [0, 0.05) is 18.7 Å². The number of anilines is 1. The molecule has 1 aromatic rings. The minimum absolute atomic E-state index is 0.503. The molecule has 1 aromatic heterocycles. The maximum absolute atomic E-state index is 6.11. The molecule has 0 radical (unpaired) electrons. The summed E-state index contributed by atoms with van der Waals surface area (Å²) >= 11 is 7.64. The van der Waals surface area contributed by atoms with Crippen molar-refractivity contribution in [1.82, 2.24) is 9.97 Å². The highest BCUT2D eigenvalue weighted by Crippen LogP contribution is 2.24. The van der Waals surface area contributed by atoms with Crippen molar-refractivity contribution in [3.8, 4) is 0 Å². The molecule has 0 aromatic carbocycles. The Bertz CT molecular complexity index is 394. The zero-order valence-electron chi connectivity index (χ0n) is 12.5. The fourth-order valence-corrected chi connectivity index (χ4v) is 2.78. The summed E-state index contributed by atoms with van der Waals surface area (Å²) in [6, 6.07) is 2.38. The van der Waals surface area contributed by atoms with E-state index >= 15 is 0 Å². The third-order valence-corrected chi connectivity index (χ3v) is 3.82. The van der Waals surface area contributed by atoms with Crippen LogP contribution in [0.2, 0.25) is 5.15 Å². The molecule has 0 spiro atoms. The minimum atomic E-state index is 0.503. The zero-order valence-corrected chi connectivity index (χ0v) is 14.1. The Morgan fingerprint density at radius 1 is 1.26 bits per heavy atom. The summed E-state index contributed by atoms with van der Waals surface area (Å²) in [4.78, 5) is 11.2. The topological polar surface area (TPSA) is 29.0 Å². The summed E-state index contributed by atoms with van der Waals surface area (Å²) in [6.45, 7) is 9.90. The normalized spacial score (nSPS) is 11.4. The van der Waals surface area contributed by atoms with Gasteiger partial charge in [-0.25, -0.2) is 9.97 Å². The number of thioether (sulfide) groups is 1. The van der Waals surface area contributed by atoms with Gasteiger partial charge in [-0.15, -0.1) is 0 Å². The maximum atomic E-state index is 6.11. The third-order valence-electron chi connectivity index (χ3n) is 3.08. The lowest BCUT2D eigenvalue weighted by Crippen LogP contribution is -2.38. The number of halogens is 1. The van der Waals surface area contributed by atoms with E-state index in [2.05, 4.69) is 42.6 Å². The van der Waals surface area contributed by atoms with Crippen LogP contribution in [-0.4, -0.2) is 28.8 Å². The van der Waals surface area contributed by atoms with Gasteiger partial charge in [0.25, 0.3) is 0 Å². The lowest BCUT2D eigenvalue weighted by molar-refractivity contribution is 0.501. The van der Waals surface area contributed by atoms with Gasteiger partial charge in [0.1, 0.15) is 11.0 Å². The van der Waals surface area contributed by atoms with E-state index in [4.69, 9.17) is 11.6 Å². The van der Waals surface area contributed by atoms with Crippen LogP contribution in [0.15, 0.2) is 11.2 Å². The van der Waals surface area contributed by atoms with E-state index in [9.17, 15) is 0 Å². The second kappa shape index (κ2) is 7.95. The highest BCUT2D eigenvalue weighted by molar-refractivity contribution is 7.98. The number of rotatable bonds is 7.